The van der Waals surface area contributed by atoms with Gasteiger partial charge in [-0.25, -0.2) is 0 Å². The molecule has 148 valence electrons. The van der Waals surface area contributed by atoms with Crippen molar-refractivity contribution in [3.05, 3.63) is 103 Å². The van der Waals surface area contributed by atoms with E-state index in [1.807, 2.05) is 18.2 Å². The summed E-state index contributed by atoms with van der Waals surface area (Å²) in [5.41, 5.74) is 2.51. The Hall–Kier alpha value is -3.46. The Bertz CT molecular complexity index is 1020. The van der Waals surface area contributed by atoms with Crippen LogP contribution in [0.15, 0.2) is 71.2 Å². The number of rotatable bonds is 8. The van der Waals surface area contributed by atoms with E-state index in [0.717, 1.165) is 21.3 Å². The molecule has 9 heteroatoms. The third kappa shape index (κ3) is 5.52. The molecule has 0 saturated heterocycles. The Morgan fingerprint density at radius 3 is 2.03 bits per heavy atom. The van der Waals surface area contributed by atoms with E-state index in [1.54, 1.807) is 24.3 Å². The zero-order chi connectivity index (χ0) is 20.8. The van der Waals surface area contributed by atoms with Crippen LogP contribution >= 0.6 is 15.9 Å². The van der Waals surface area contributed by atoms with Crippen LogP contribution in [0.25, 0.3) is 0 Å². The molecular weight excluding hydrogens is 442 g/mol. The minimum atomic E-state index is -0.443. The minimum Gasteiger partial charge on any atom is -0.489 e. The van der Waals surface area contributed by atoms with Gasteiger partial charge in [-0.1, -0.05) is 15.9 Å². The summed E-state index contributed by atoms with van der Waals surface area (Å²) in [6.07, 6.45) is 0. The summed E-state index contributed by atoms with van der Waals surface area (Å²) in [5, 5.41) is 24.7. The van der Waals surface area contributed by atoms with E-state index in [-0.39, 0.29) is 18.0 Å². The molecule has 0 heterocycles. The Morgan fingerprint density at radius 2 is 1.45 bits per heavy atom. The first-order valence-electron chi connectivity index (χ1n) is 8.55. The van der Waals surface area contributed by atoms with Gasteiger partial charge in [0, 0.05) is 46.5 Å². The van der Waals surface area contributed by atoms with E-state index in [0.29, 0.717) is 12.3 Å². The van der Waals surface area contributed by atoms with E-state index in [4.69, 9.17) is 4.74 Å². The number of hydrogen-bond acceptors (Lipinski definition) is 6. The zero-order valence-electron chi connectivity index (χ0n) is 15.1. The number of benzene rings is 3. The molecule has 1 N–H and O–H groups in total. The van der Waals surface area contributed by atoms with Crippen LogP contribution in [-0.2, 0) is 13.2 Å². The van der Waals surface area contributed by atoms with Crippen LogP contribution in [0.2, 0.25) is 0 Å². The fraction of sp³-hybridized carbons (Fsp3) is 0.100. The third-order valence-corrected chi connectivity index (χ3v) is 4.62. The van der Waals surface area contributed by atoms with E-state index < -0.39 is 9.85 Å². The van der Waals surface area contributed by atoms with Crippen molar-refractivity contribution >= 4 is 33.0 Å². The highest BCUT2D eigenvalue weighted by Gasteiger charge is 2.09. The molecule has 0 fully saturated rings. The summed E-state index contributed by atoms with van der Waals surface area (Å²) in [6, 6.07) is 18.0. The lowest BCUT2D eigenvalue weighted by Crippen LogP contribution is -2.04. The van der Waals surface area contributed by atoms with Crippen LogP contribution in [0, 0.1) is 20.2 Å². The molecule has 0 aliphatic heterocycles. The Morgan fingerprint density at radius 1 is 0.862 bits per heavy atom. The molecule has 29 heavy (non-hydrogen) atoms. The van der Waals surface area contributed by atoms with Crippen molar-refractivity contribution in [2.24, 2.45) is 0 Å². The highest BCUT2D eigenvalue weighted by molar-refractivity contribution is 9.10. The Kier molecular flexibility index (Phi) is 6.40. The second kappa shape index (κ2) is 9.16. The number of nitrogens with one attached hydrogen (secondary N) is 1. The number of non-ortho nitro benzene ring substituents is 2. The number of nitrogens with zero attached hydrogens (tertiary/aromatic N) is 2. The first kappa shape index (κ1) is 20.3. The number of nitro groups is 2. The molecule has 0 spiro atoms. The van der Waals surface area contributed by atoms with Crippen LogP contribution in [0.3, 0.4) is 0 Å². The van der Waals surface area contributed by atoms with Crippen LogP contribution in [-0.4, -0.2) is 9.85 Å². The number of hydrogen-bond donors (Lipinski definition) is 1. The molecular formula is C20H16BrN3O5. The van der Waals surface area contributed by atoms with Crippen LogP contribution in [0.4, 0.5) is 17.1 Å². The zero-order valence-corrected chi connectivity index (χ0v) is 16.7. The van der Waals surface area contributed by atoms with Crippen molar-refractivity contribution < 1.29 is 14.6 Å². The third-order valence-electron chi connectivity index (χ3n) is 4.13. The second-order valence-corrected chi connectivity index (χ2v) is 7.04. The maximum absolute atomic E-state index is 10.7. The highest BCUT2D eigenvalue weighted by Crippen LogP contribution is 2.26. The van der Waals surface area contributed by atoms with Gasteiger partial charge in [0.2, 0.25) is 0 Å². The summed E-state index contributed by atoms with van der Waals surface area (Å²) in [4.78, 5) is 20.6. The SMILES string of the molecule is O=[N+]([O-])c1ccc(COc2ccc(Br)cc2CNc2ccc([N+](=O)[O-])cc2)cc1. The van der Waals surface area contributed by atoms with Gasteiger partial charge in [-0.05, 0) is 48.0 Å². The van der Waals surface area contributed by atoms with Crippen LogP contribution < -0.4 is 10.1 Å². The van der Waals surface area contributed by atoms with Crippen LogP contribution in [0.5, 0.6) is 5.75 Å². The molecule has 0 unspecified atom stereocenters. The van der Waals surface area contributed by atoms with Crippen molar-refractivity contribution in [2.45, 2.75) is 13.2 Å². The predicted molar refractivity (Wildman–Crippen MR) is 112 cm³/mol. The fourth-order valence-corrected chi connectivity index (χ4v) is 3.01. The topological polar surface area (TPSA) is 108 Å². The maximum Gasteiger partial charge on any atom is 0.269 e. The molecule has 3 aromatic rings. The van der Waals surface area contributed by atoms with E-state index >= 15 is 0 Å². The highest BCUT2D eigenvalue weighted by atomic mass is 79.9. The summed E-state index contributed by atoms with van der Waals surface area (Å²) in [6.45, 7) is 0.719. The van der Waals surface area contributed by atoms with Gasteiger partial charge in [0.05, 0.1) is 9.85 Å². The average Bonchev–Trinajstić information content (AvgIpc) is 2.72. The summed E-state index contributed by atoms with van der Waals surface area (Å²) < 4.78 is 6.79. The molecule has 3 aromatic carbocycles. The molecule has 0 aliphatic carbocycles. The minimum absolute atomic E-state index is 0.0325. The quantitative estimate of drug-likeness (QED) is 0.355. The summed E-state index contributed by atoms with van der Waals surface area (Å²) in [5.74, 6) is 0.668. The van der Waals surface area contributed by atoms with E-state index in [1.165, 1.54) is 24.3 Å². The normalized spacial score (nSPS) is 10.4. The second-order valence-electron chi connectivity index (χ2n) is 6.12. The number of ether oxygens (including phenoxy) is 1. The van der Waals surface area contributed by atoms with Gasteiger partial charge in [-0.15, -0.1) is 0 Å². The molecule has 3 rings (SSSR count). The fourth-order valence-electron chi connectivity index (χ4n) is 2.60. The van der Waals surface area contributed by atoms with E-state index in [9.17, 15) is 20.2 Å². The molecule has 0 bridgehead atoms. The van der Waals surface area contributed by atoms with Gasteiger partial charge in [-0.3, -0.25) is 20.2 Å². The van der Waals surface area contributed by atoms with Crippen molar-refractivity contribution in [2.75, 3.05) is 5.32 Å². The van der Waals surface area contributed by atoms with Crippen molar-refractivity contribution in [3.8, 4) is 5.75 Å². The van der Waals surface area contributed by atoms with Crippen LogP contribution in [0.1, 0.15) is 11.1 Å². The first-order chi connectivity index (χ1) is 13.9. The number of nitro benzene ring substituents is 2. The van der Waals surface area contributed by atoms with E-state index in [2.05, 4.69) is 21.2 Å². The molecule has 0 aromatic heterocycles. The van der Waals surface area contributed by atoms with Gasteiger partial charge in [0.1, 0.15) is 12.4 Å². The standard InChI is InChI=1S/C20H16BrN3O5/c21-16-3-10-20(29-13-14-1-6-18(7-2-14)23(25)26)15(11-16)12-22-17-4-8-19(9-5-17)24(27)28/h1-11,22H,12-13H2. The molecule has 0 aliphatic rings. The lowest BCUT2D eigenvalue weighted by molar-refractivity contribution is -0.385. The number of anilines is 1. The summed E-state index contributed by atoms with van der Waals surface area (Å²) >= 11 is 3.44. The van der Waals surface area contributed by atoms with Gasteiger partial charge < -0.3 is 10.1 Å². The van der Waals surface area contributed by atoms with Gasteiger partial charge in [0.15, 0.2) is 0 Å². The smallest absolute Gasteiger partial charge is 0.269 e. The molecule has 0 amide bonds. The van der Waals surface area contributed by atoms with Crippen molar-refractivity contribution in [3.63, 3.8) is 0 Å². The maximum atomic E-state index is 10.7. The monoisotopic (exact) mass is 457 g/mol. The lowest BCUT2D eigenvalue weighted by atomic mass is 10.2. The summed E-state index contributed by atoms with van der Waals surface area (Å²) in [7, 11) is 0. The first-order valence-corrected chi connectivity index (χ1v) is 9.34. The molecule has 0 saturated carbocycles. The average molecular weight is 458 g/mol. The molecule has 8 nitrogen and oxygen atoms in total. The van der Waals surface area contributed by atoms with Gasteiger partial charge in [-0.2, -0.15) is 0 Å². The van der Waals surface area contributed by atoms with Gasteiger partial charge >= 0.3 is 0 Å². The van der Waals surface area contributed by atoms with Crippen molar-refractivity contribution in [1.82, 2.24) is 0 Å². The largest absolute Gasteiger partial charge is 0.489 e. The Labute approximate surface area is 174 Å². The predicted octanol–water partition coefficient (Wildman–Crippen LogP) is 5.46. The lowest BCUT2D eigenvalue weighted by Gasteiger charge is -2.13. The molecule has 0 radical (unpaired) electrons. The van der Waals surface area contributed by atoms with Crippen molar-refractivity contribution in [1.29, 1.82) is 0 Å². The molecule has 0 atom stereocenters. The number of halogens is 1. The Balaban J connectivity index is 1.67. The van der Waals surface area contributed by atoms with Gasteiger partial charge in [0.25, 0.3) is 11.4 Å².